The number of hydrogen-bond acceptors (Lipinski definition) is 39. The lowest BCUT2D eigenvalue weighted by atomic mass is 11.9. The van der Waals surface area contributed by atoms with Crippen LogP contribution in [-0.2, 0) is 90.5 Å². The van der Waals surface area contributed by atoms with Gasteiger partial charge in [-0.15, -0.1) is 0 Å². The highest BCUT2D eigenvalue weighted by molar-refractivity contribution is 6.96. The Labute approximate surface area is 464 Å². The molecular weight excluding hydrogens is 1400 g/mol. The molecule has 0 aromatic rings. The quantitative estimate of drug-likeness (QED) is 0.0503. The van der Waals surface area contributed by atoms with Gasteiger partial charge < -0.3 is 172 Å². The van der Waals surface area contributed by atoms with Gasteiger partial charge in [0, 0.05) is 111 Å². The lowest BCUT2D eigenvalue weighted by molar-refractivity contribution is 0.0262. The van der Waals surface area contributed by atoms with Crippen LogP contribution in [0.25, 0.3) is 0 Å². The lowest BCUT2D eigenvalue weighted by Crippen LogP contribution is -2.76. The summed E-state index contributed by atoms with van der Waals surface area (Å²) in [5, 5.41) is 0. The second-order valence-corrected chi connectivity index (χ2v) is 70.9. The molecule has 0 radical (unpaired) electrons. The van der Waals surface area contributed by atoms with Gasteiger partial charge in [0.15, 0.2) is 0 Å². The molecule has 3 fully saturated rings. The van der Waals surface area contributed by atoms with Gasteiger partial charge in [-0.2, -0.15) is 0 Å². The summed E-state index contributed by atoms with van der Waals surface area (Å²) in [6.45, 7) is 17.1. The summed E-state index contributed by atoms with van der Waals surface area (Å²) < 4.78 is 127. The van der Waals surface area contributed by atoms with Gasteiger partial charge in [0.25, 0.3) is 0 Å². The molecule has 59 heteroatoms. The van der Waals surface area contributed by atoms with Gasteiger partial charge in [0.05, 0.1) is 0 Å². The fraction of sp³-hybridized carbons (Fsp3) is 1.00. The van der Waals surface area contributed by atoms with Gasteiger partial charge in [-0.05, 0) is 6.55 Å². The second kappa shape index (κ2) is 23.7. The summed E-state index contributed by atoms with van der Waals surface area (Å²) in [7, 11) is -99.1. The maximum absolute atomic E-state index is 12.2. The van der Waals surface area contributed by atoms with Crippen molar-refractivity contribution >= 4 is 177 Å². The highest BCUT2D eigenvalue weighted by atomic mass is 28.6. The van der Waals surface area contributed by atoms with Gasteiger partial charge in [-0.1, -0.05) is 0 Å². The van der Waals surface area contributed by atoms with E-state index >= 15 is 0 Å². The van der Waals surface area contributed by atoms with E-state index in [4.69, 9.17) is 90.5 Å². The summed E-state index contributed by atoms with van der Waals surface area (Å²) in [4.78, 5) is 184. The molecule has 17 N–H and O–H groups in total. The minimum absolute atomic E-state index is 0.643. The molecule has 3 heterocycles. The van der Waals surface area contributed by atoms with E-state index in [9.17, 15) is 81.5 Å². The van der Waals surface area contributed by atoms with Crippen LogP contribution in [0.3, 0.4) is 0 Å². The molecule has 3 rings (SSSR count). The number of rotatable bonds is 20. The molecule has 0 amide bonds. The molecule has 77 heavy (non-hydrogen) atoms. The summed E-state index contributed by atoms with van der Waals surface area (Å²) in [6, 6.07) is 0. The van der Waals surface area contributed by atoms with Crippen LogP contribution >= 0.6 is 0 Å². The molecule has 3 aliphatic rings. The van der Waals surface area contributed by atoms with Gasteiger partial charge in [-0.3, -0.25) is 0 Å². The lowest BCUT2D eigenvalue weighted by Gasteiger charge is -2.49. The predicted molar refractivity (Wildman–Crippen MR) is 284 cm³/mol. The van der Waals surface area contributed by atoms with Gasteiger partial charge in [0.2, 0.25) is 0 Å². The minimum Gasteiger partial charge on any atom is -0.397 e. The molecule has 0 bridgehead atoms. The van der Waals surface area contributed by atoms with E-state index in [0.717, 1.165) is 85.1 Å². The van der Waals surface area contributed by atoms with Crippen molar-refractivity contribution < 1.29 is 172 Å². The van der Waals surface area contributed by atoms with Crippen molar-refractivity contribution in [3.8, 4) is 0 Å². The zero-order valence-corrected chi connectivity index (χ0v) is 64.8. The molecule has 15 unspecified atom stereocenters. The summed E-state index contributed by atoms with van der Waals surface area (Å²) in [5.74, 6) is 0. The van der Waals surface area contributed by atoms with E-state index in [0.29, 0.717) is 13.1 Å². The molecule has 0 aromatic heterocycles. The van der Waals surface area contributed by atoms with Crippen molar-refractivity contribution in [2.24, 2.45) is 0 Å². The third-order valence-corrected chi connectivity index (χ3v) is 72.3. The van der Waals surface area contributed by atoms with Crippen LogP contribution in [0.5, 0.6) is 0 Å². The van der Waals surface area contributed by atoms with Crippen molar-refractivity contribution in [2.45, 2.75) is 118 Å². The molecule has 0 spiro atoms. The van der Waals surface area contributed by atoms with Crippen molar-refractivity contribution in [2.75, 3.05) is 0 Å². The largest absolute Gasteiger partial charge is 0.663 e. The molecule has 458 valence electrons. The third-order valence-electron chi connectivity index (χ3n) is 8.03. The van der Waals surface area contributed by atoms with Crippen LogP contribution in [0.1, 0.15) is 0 Å². The average molecular weight is 1470 g/mol. The zero-order valence-electron chi connectivity index (χ0n) is 44.7. The standard InChI is InChI=1S/C18H72O39Si20/c1-58-36-63(6,27)43-69(12,38-59(2,19)20)50-68(11,37-58)44-66(9,30)47-72(15)52-71(14,40-61(4,23)24)53-75(18,56-76(32,33)34)55-73(16,54-72)48-67(10,31)49-77(35,41-62(5,25)26)57-74(17)46-65(8,29)42-64(7,28)45-70(13,51-74)39-60(3,21)22/h19-35,58H,1-18H3. The maximum atomic E-state index is 12.2. The maximum Gasteiger partial charge on any atom is 0.663 e. The molecule has 0 saturated carbocycles. The van der Waals surface area contributed by atoms with Gasteiger partial charge in [0.1, 0.15) is 0 Å². The van der Waals surface area contributed by atoms with E-state index < -0.39 is 177 Å². The fourth-order valence-corrected chi connectivity index (χ4v) is 82.5. The molecule has 0 aromatic carbocycles. The first-order valence-corrected chi connectivity index (χ1v) is 65.8. The van der Waals surface area contributed by atoms with E-state index in [1.807, 2.05) is 0 Å². The number of hydrogen-bond donors (Lipinski definition) is 17. The van der Waals surface area contributed by atoms with Crippen molar-refractivity contribution in [3.63, 3.8) is 0 Å². The Balaban J connectivity index is 2.26. The molecule has 3 saturated heterocycles. The van der Waals surface area contributed by atoms with E-state index in [1.54, 1.807) is 0 Å². The zero-order chi connectivity index (χ0) is 60.6. The van der Waals surface area contributed by atoms with E-state index in [1.165, 1.54) is 19.6 Å². The second-order valence-electron chi connectivity index (χ2n) is 19.1. The van der Waals surface area contributed by atoms with Crippen LogP contribution < -0.4 is 0 Å². The van der Waals surface area contributed by atoms with Crippen LogP contribution in [0.15, 0.2) is 0 Å². The van der Waals surface area contributed by atoms with E-state index in [2.05, 4.69) is 0 Å². The first-order valence-electron chi connectivity index (χ1n) is 21.9. The van der Waals surface area contributed by atoms with Crippen molar-refractivity contribution in [1.29, 1.82) is 0 Å². The monoisotopic (exact) mass is 1470 g/mol. The summed E-state index contributed by atoms with van der Waals surface area (Å²) >= 11 is 0. The van der Waals surface area contributed by atoms with Crippen LogP contribution in [0, 0.1) is 0 Å². The topological polar surface area (TPSA) is 547 Å². The van der Waals surface area contributed by atoms with Crippen molar-refractivity contribution in [1.82, 2.24) is 0 Å². The molecule has 0 aliphatic carbocycles. The molecule has 39 nitrogen and oxygen atoms in total. The van der Waals surface area contributed by atoms with Crippen LogP contribution in [0.2, 0.25) is 118 Å². The molecule has 15 atom stereocenters. The Hall–Kier alpha value is 2.78. The Morgan fingerprint density at radius 1 is 0.299 bits per heavy atom. The van der Waals surface area contributed by atoms with E-state index in [-0.39, 0.29) is 0 Å². The van der Waals surface area contributed by atoms with Gasteiger partial charge in [-0.25, -0.2) is 0 Å². The highest BCUT2D eigenvalue weighted by Gasteiger charge is 2.72. The minimum atomic E-state index is -6.21. The fourth-order valence-electron chi connectivity index (χ4n) is 7.77. The average Bonchev–Trinajstić information content (AvgIpc) is 2.91. The predicted octanol–water partition coefficient (Wildman–Crippen LogP) is -8.35. The Bertz CT molecular complexity index is 2030. The smallest absolute Gasteiger partial charge is 0.397 e. The Morgan fingerprint density at radius 2 is 0.584 bits per heavy atom. The van der Waals surface area contributed by atoms with Crippen LogP contribution in [0.4, 0.5) is 0 Å². The SMILES string of the molecule is C[SiH]1O[Si](C)(O)O[Si](C)(O[Si](C)(O)O)O[Si](C)(O[Si](C)(O)O[Si]2(C)O[Si](C)(O[Si](C)(O)O)O[Si](C)(O[Si](O)(O)O)O[Si](C)(O[Si](C)(O)O[Si](O)(O[Si](C)(O)O)O[Si]3(C)O[Si](C)(O)O[Si](C)(O)O[Si](C)(O[Si](C)(O)O)O3)O2)O1. The third kappa shape index (κ3) is 26.3. The van der Waals surface area contributed by atoms with Gasteiger partial charge >= 0.3 is 177 Å². The summed E-state index contributed by atoms with van der Waals surface area (Å²) in [6.07, 6.45) is 0. The highest BCUT2D eigenvalue weighted by Crippen LogP contribution is 2.40. The summed E-state index contributed by atoms with van der Waals surface area (Å²) in [5.41, 5.74) is 0. The Morgan fingerprint density at radius 3 is 0.935 bits per heavy atom. The first kappa shape index (κ1) is 74.0. The van der Waals surface area contributed by atoms with Crippen molar-refractivity contribution in [3.05, 3.63) is 0 Å². The Kier molecular flexibility index (Phi) is 22.8. The van der Waals surface area contributed by atoms with Crippen LogP contribution in [-0.4, -0.2) is 259 Å². The first-order chi connectivity index (χ1) is 33.2. The molecular formula is C18H72O39Si20. The normalized spacial score (nSPS) is 42.4. The molecule has 3 aliphatic heterocycles.